The number of hydrogen-bond donors (Lipinski definition) is 1. The average Bonchev–Trinajstić information content (AvgIpc) is 2.65. The lowest BCUT2D eigenvalue weighted by molar-refractivity contribution is 0.184. The molecule has 0 aromatic heterocycles. The predicted octanol–water partition coefficient (Wildman–Crippen LogP) is 3.42. The summed E-state index contributed by atoms with van der Waals surface area (Å²) in [6.07, 6.45) is 12.9. The van der Waals surface area contributed by atoms with Crippen LogP contribution in [0.2, 0.25) is 0 Å². The lowest BCUT2D eigenvalue weighted by atomic mass is 9.93. The molecule has 0 aromatic rings. The second kappa shape index (κ2) is 8.16. The molecule has 0 aromatic carbocycles. The van der Waals surface area contributed by atoms with E-state index in [2.05, 4.69) is 17.1 Å². The summed E-state index contributed by atoms with van der Waals surface area (Å²) in [5, 5.41) is 3.47. The van der Waals surface area contributed by atoms with Crippen LogP contribution in [0, 0.1) is 5.92 Å². The van der Waals surface area contributed by atoms with Crippen molar-refractivity contribution >= 4 is 0 Å². The maximum absolute atomic E-state index is 3.47. The Kier molecular flexibility index (Phi) is 6.50. The summed E-state index contributed by atoms with van der Waals surface area (Å²) >= 11 is 0. The zero-order valence-electron chi connectivity index (χ0n) is 12.3. The second-order valence-electron chi connectivity index (χ2n) is 6.28. The molecule has 0 saturated carbocycles. The van der Waals surface area contributed by atoms with Crippen LogP contribution in [0.1, 0.15) is 64.7 Å². The first-order valence-corrected chi connectivity index (χ1v) is 8.35. The molecule has 0 bridgehead atoms. The maximum atomic E-state index is 3.47. The van der Waals surface area contributed by atoms with Gasteiger partial charge in [0.1, 0.15) is 0 Å². The van der Waals surface area contributed by atoms with Gasteiger partial charge in [-0.15, -0.1) is 0 Å². The average molecular weight is 252 g/mol. The van der Waals surface area contributed by atoms with E-state index in [-0.39, 0.29) is 0 Å². The molecular weight excluding hydrogens is 220 g/mol. The second-order valence-corrected chi connectivity index (χ2v) is 6.28. The molecule has 2 aliphatic heterocycles. The van der Waals surface area contributed by atoms with Gasteiger partial charge in [-0.3, -0.25) is 0 Å². The van der Waals surface area contributed by atoms with Crippen LogP contribution in [0.3, 0.4) is 0 Å². The number of piperidine rings is 1. The molecule has 1 N–H and O–H groups in total. The smallest absolute Gasteiger partial charge is 0.00926 e. The molecule has 0 spiro atoms. The van der Waals surface area contributed by atoms with Crippen molar-refractivity contribution in [2.75, 3.05) is 26.2 Å². The number of nitrogens with zero attached hydrogens (tertiary/aromatic N) is 1. The van der Waals surface area contributed by atoms with Crippen LogP contribution in [0.4, 0.5) is 0 Å². The van der Waals surface area contributed by atoms with Crippen LogP contribution < -0.4 is 5.32 Å². The van der Waals surface area contributed by atoms with Gasteiger partial charge in [0.15, 0.2) is 0 Å². The summed E-state index contributed by atoms with van der Waals surface area (Å²) in [7, 11) is 0. The van der Waals surface area contributed by atoms with Crippen molar-refractivity contribution in [1.82, 2.24) is 10.2 Å². The fourth-order valence-corrected chi connectivity index (χ4v) is 3.75. The van der Waals surface area contributed by atoms with Crippen molar-refractivity contribution in [2.24, 2.45) is 5.92 Å². The third kappa shape index (κ3) is 4.55. The molecule has 1 unspecified atom stereocenters. The van der Waals surface area contributed by atoms with Gasteiger partial charge in [-0.2, -0.15) is 0 Å². The minimum absolute atomic E-state index is 0.889. The Balaban J connectivity index is 1.66. The van der Waals surface area contributed by atoms with Crippen molar-refractivity contribution in [3.8, 4) is 0 Å². The zero-order chi connectivity index (χ0) is 12.6. The van der Waals surface area contributed by atoms with Gasteiger partial charge in [-0.1, -0.05) is 19.8 Å². The summed E-state index contributed by atoms with van der Waals surface area (Å²) in [5.74, 6) is 1.01. The van der Waals surface area contributed by atoms with E-state index in [1.54, 1.807) is 0 Å². The maximum Gasteiger partial charge on any atom is 0.00926 e. The van der Waals surface area contributed by atoms with E-state index in [0.717, 1.165) is 12.0 Å². The highest BCUT2D eigenvalue weighted by atomic mass is 15.1. The van der Waals surface area contributed by atoms with Crippen LogP contribution >= 0.6 is 0 Å². The minimum Gasteiger partial charge on any atom is -0.317 e. The summed E-state index contributed by atoms with van der Waals surface area (Å²) < 4.78 is 0. The Morgan fingerprint density at radius 2 is 1.89 bits per heavy atom. The fourth-order valence-electron chi connectivity index (χ4n) is 3.75. The summed E-state index contributed by atoms with van der Waals surface area (Å²) in [6, 6.07) is 0.889. The molecule has 1 atom stereocenters. The molecule has 0 amide bonds. The Bertz CT molecular complexity index is 211. The summed E-state index contributed by atoms with van der Waals surface area (Å²) in [5.41, 5.74) is 0. The van der Waals surface area contributed by atoms with Gasteiger partial charge in [-0.25, -0.2) is 0 Å². The third-order valence-corrected chi connectivity index (χ3v) is 4.99. The van der Waals surface area contributed by atoms with Crippen molar-refractivity contribution in [3.63, 3.8) is 0 Å². The van der Waals surface area contributed by atoms with Crippen molar-refractivity contribution in [3.05, 3.63) is 0 Å². The van der Waals surface area contributed by atoms with E-state index in [4.69, 9.17) is 0 Å². The van der Waals surface area contributed by atoms with Crippen LogP contribution in [-0.2, 0) is 0 Å². The van der Waals surface area contributed by atoms with E-state index < -0.39 is 0 Å². The minimum atomic E-state index is 0.889. The lowest BCUT2D eigenvalue weighted by Gasteiger charge is -2.30. The largest absolute Gasteiger partial charge is 0.317 e. The standard InChI is InChI=1S/C16H32N2/c1-2-16-8-4-3-5-13-18(16)14-6-7-15-9-11-17-12-10-15/h15-17H,2-14H2,1H3. The van der Waals surface area contributed by atoms with Crippen molar-refractivity contribution in [2.45, 2.75) is 70.8 Å². The van der Waals surface area contributed by atoms with Gasteiger partial charge in [0.05, 0.1) is 0 Å². The molecule has 2 heterocycles. The molecule has 18 heavy (non-hydrogen) atoms. The molecule has 2 heteroatoms. The Labute approximate surface area is 114 Å². The SMILES string of the molecule is CCC1CCCCCN1CCCC1CCNCC1. The quantitative estimate of drug-likeness (QED) is 0.806. The molecule has 0 radical (unpaired) electrons. The Hall–Kier alpha value is -0.0800. The van der Waals surface area contributed by atoms with E-state index in [9.17, 15) is 0 Å². The van der Waals surface area contributed by atoms with E-state index >= 15 is 0 Å². The lowest BCUT2D eigenvalue weighted by Crippen LogP contribution is -2.35. The summed E-state index contributed by atoms with van der Waals surface area (Å²) in [4.78, 5) is 2.80. The van der Waals surface area contributed by atoms with Crippen LogP contribution in [-0.4, -0.2) is 37.1 Å². The van der Waals surface area contributed by atoms with Crippen LogP contribution in [0.15, 0.2) is 0 Å². The monoisotopic (exact) mass is 252 g/mol. The topological polar surface area (TPSA) is 15.3 Å². The molecule has 2 nitrogen and oxygen atoms in total. The third-order valence-electron chi connectivity index (χ3n) is 4.99. The normalized spacial score (nSPS) is 28.2. The first kappa shape index (κ1) is 14.3. The number of likely N-dealkylation sites (tertiary alicyclic amines) is 1. The first-order chi connectivity index (χ1) is 8.90. The van der Waals surface area contributed by atoms with Crippen molar-refractivity contribution < 1.29 is 0 Å². The molecule has 0 aliphatic carbocycles. The molecular formula is C16H32N2. The highest BCUT2D eigenvalue weighted by molar-refractivity contribution is 4.75. The Morgan fingerprint density at radius 1 is 1.06 bits per heavy atom. The van der Waals surface area contributed by atoms with Gasteiger partial charge < -0.3 is 10.2 Å². The number of nitrogens with one attached hydrogen (secondary N) is 1. The molecule has 2 rings (SSSR count). The Morgan fingerprint density at radius 3 is 2.67 bits per heavy atom. The van der Waals surface area contributed by atoms with Crippen LogP contribution in [0.25, 0.3) is 0 Å². The highest BCUT2D eigenvalue weighted by Gasteiger charge is 2.19. The van der Waals surface area contributed by atoms with Gasteiger partial charge in [0.2, 0.25) is 0 Å². The molecule has 2 saturated heterocycles. The van der Waals surface area contributed by atoms with Crippen LogP contribution in [0.5, 0.6) is 0 Å². The summed E-state index contributed by atoms with van der Waals surface area (Å²) in [6.45, 7) is 7.61. The fraction of sp³-hybridized carbons (Fsp3) is 1.00. The van der Waals surface area contributed by atoms with Gasteiger partial charge in [-0.05, 0) is 77.0 Å². The van der Waals surface area contributed by atoms with Gasteiger partial charge in [0.25, 0.3) is 0 Å². The zero-order valence-corrected chi connectivity index (χ0v) is 12.3. The van der Waals surface area contributed by atoms with E-state index in [0.29, 0.717) is 0 Å². The molecule has 106 valence electrons. The number of hydrogen-bond acceptors (Lipinski definition) is 2. The highest BCUT2D eigenvalue weighted by Crippen LogP contribution is 2.22. The predicted molar refractivity (Wildman–Crippen MR) is 78.9 cm³/mol. The molecule has 2 fully saturated rings. The van der Waals surface area contributed by atoms with Gasteiger partial charge in [0, 0.05) is 6.04 Å². The van der Waals surface area contributed by atoms with E-state index in [1.807, 2.05) is 0 Å². The van der Waals surface area contributed by atoms with Gasteiger partial charge >= 0.3 is 0 Å². The van der Waals surface area contributed by atoms with E-state index in [1.165, 1.54) is 84.0 Å². The first-order valence-electron chi connectivity index (χ1n) is 8.35. The number of rotatable bonds is 5. The molecule has 2 aliphatic rings. The van der Waals surface area contributed by atoms with Crippen molar-refractivity contribution in [1.29, 1.82) is 0 Å².